The number of nitrogens with zero attached hydrogens (tertiary/aromatic N) is 6. The third-order valence-electron chi connectivity index (χ3n) is 2.32. The van der Waals surface area contributed by atoms with Crippen LogP contribution in [0, 0.1) is 0 Å². The molecule has 0 aromatic carbocycles. The Morgan fingerprint density at radius 1 is 1.30 bits per heavy atom. The quantitative estimate of drug-likeness (QED) is 0.735. The first-order chi connectivity index (χ1) is 9.79. The van der Waals surface area contributed by atoms with Crippen molar-refractivity contribution < 1.29 is 4.74 Å². The van der Waals surface area contributed by atoms with E-state index in [-0.39, 0.29) is 5.28 Å². The Labute approximate surface area is 121 Å². The molecule has 0 unspecified atom stereocenters. The third kappa shape index (κ3) is 4.39. The van der Waals surface area contributed by atoms with Crippen LogP contribution in [0.1, 0.15) is 19.8 Å². The van der Waals surface area contributed by atoms with Crippen molar-refractivity contribution in [3.8, 4) is 5.95 Å². The van der Waals surface area contributed by atoms with E-state index in [1.165, 1.54) is 17.3 Å². The molecule has 0 fully saturated rings. The van der Waals surface area contributed by atoms with Gasteiger partial charge in [0.05, 0.1) is 0 Å². The van der Waals surface area contributed by atoms with E-state index in [9.17, 15) is 0 Å². The van der Waals surface area contributed by atoms with E-state index in [1.807, 2.05) is 0 Å². The summed E-state index contributed by atoms with van der Waals surface area (Å²) in [6.07, 6.45) is 4.78. The van der Waals surface area contributed by atoms with Crippen LogP contribution in [0.25, 0.3) is 5.95 Å². The van der Waals surface area contributed by atoms with Gasteiger partial charge in [0.1, 0.15) is 12.7 Å². The monoisotopic (exact) mass is 297 g/mol. The zero-order valence-corrected chi connectivity index (χ0v) is 11.9. The van der Waals surface area contributed by atoms with Gasteiger partial charge in [0.2, 0.25) is 11.2 Å². The van der Waals surface area contributed by atoms with Gasteiger partial charge in [-0.2, -0.15) is 24.7 Å². The fourth-order valence-electron chi connectivity index (χ4n) is 1.45. The van der Waals surface area contributed by atoms with Crippen LogP contribution in [0.2, 0.25) is 5.28 Å². The fraction of sp³-hybridized carbons (Fsp3) is 0.545. The predicted octanol–water partition coefficient (Wildman–Crippen LogP) is 1.33. The molecule has 2 aromatic rings. The van der Waals surface area contributed by atoms with E-state index in [0.29, 0.717) is 25.0 Å². The molecule has 1 N–H and O–H groups in total. The molecule has 0 saturated carbocycles. The second kappa shape index (κ2) is 7.71. The summed E-state index contributed by atoms with van der Waals surface area (Å²) in [6.45, 7) is 4.27. The zero-order chi connectivity index (χ0) is 14.2. The first-order valence-electron chi connectivity index (χ1n) is 6.38. The molecule has 0 saturated heterocycles. The van der Waals surface area contributed by atoms with Crippen molar-refractivity contribution >= 4 is 17.5 Å². The van der Waals surface area contributed by atoms with Gasteiger partial charge >= 0.3 is 0 Å². The van der Waals surface area contributed by atoms with Crippen molar-refractivity contribution in [2.24, 2.45) is 0 Å². The Morgan fingerprint density at radius 3 is 2.95 bits per heavy atom. The van der Waals surface area contributed by atoms with Gasteiger partial charge in [-0.15, -0.1) is 0 Å². The molecular formula is C11H16ClN7O. The van der Waals surface area contributed by atoms with Crippen LogP contribution in [-0.2, 0) is 4.74 Å². The van der Waals surface area contributed by atoms with Gasteiger partial charge in [0.15, 0.2) is 0 Å². The smallest absolute Gasteiger partial charge is 0.258 e. The second-order valence-electron chi connectivity index (χ2n) is 3.96. The van der Waals surface area contributed by atoms with E-state index in [2.05, 4.69) is 37.3 Å². The average Bonchev–Trinajstić information content (AvgIpc) is 2.96. The van der Waals surface area contributed by atoms with Crippen molar-refractivity contribution in [2.45, 2.75) is 19.8 Å². The summed E-state index contributed by atoms with van der Waals surface area (Å²) in [5, 5.41) is 7.13. The van der Waals surface area contributed by atoms with E-state index >= 15 is 0 Å². The van der Waals surface area contributed by atoms with Gasteiger partial charge in [-0.3, -0.25) is 0 Å². The van der Waals surface area contributed by atoms with Gasteiger partial charge in [0, 0.05) is 19.8 Å². The average molecular weight is 298 g/mol. The minimum absolute atomic E-state index is 0.107. The summed E-state index contributed by atoms with van der Waals surface area (Å²) >= 11 is 5.86. The Kier molecular flexibility index (Phi) is 5.63. The molecule has 2 heterocycles. The van der Waals surface area contributed by atoms with Crippen LogP contribution in [0.3, 0.4) is 0 Å². The lowest BCUT2D eigenvalue weighted by Gasteiger charge is -2.06. The molecule has 8 nitrogen and oxygen atoms in total. The number of nitrogens with one attached hydrogen (secondary N) is 1. The number of hydrogen-bond acceptors (Lipinski definition) is 7. The highest BCUT2D eigenvalue weighted by Gasteiger charge is 2.06. The molecule has 108 valence electrons. The lowest BCUT2D eigenvalue weighted by Crippen LogP contribution is -2.11. The standard InChI is InChI=1S/C11H16ClN7O/c1-2-5-20-6-3-4-14-10-16-9(12)17-11(18-10)19-8-13-7-15-19/h7-8H,2-6H2,1H3,(H,14,16,17,18). The summed E-state index contributed by atoms with van der Waals surface area (Å²) in [6, 6.07) is 0. The van der Waals surface area contributed by atoms with Crippen LogP contribution in [-0.4, -0.2) is 49.5 Å². The number of anilines is 1. The van der Waals surface area contributed by atoms with Gasteiger partial charge in [-0.05, 0) is 24.4 Å². The molecule has 0 aliphatic heterocycles. The minimum atomic E-state index is 0.107. The summed E-state index contributed by atoms with van der Waals surface area (Å²) in [7, 11) is 0. The number of hydrogen-bond donors (Lipinski definition) is 1. The van der Waals surface area contributed by atoms with Crippen LogP contribution in [0.4, 0.5) is 5.95 Å². The molecule has 0 spiro atoms. The van der Waals surface area contributed by atoms with E-state index in [0.717, 1.165) is 19.4 Å². The first-order valence-corrected chi connectivity index (χ1v) is 6.75. The van der Waals surface area contributed by atoms with Gasteiger partial charge < -0.3 is 10.1 Å². The lowest BCUT2D eigenvalue weighted by atomic mass is 10.4. The summed E-state index contributed by atoms with van der Waals surface area (Å²) in [5.41, 5.74) is 0. The minimum Gasteiger partial charge on any atom is -0.381 e. The molecule has 2 aromatic heterocycles. The number of halogens is 1. The molecule has 0 atom stereocenters. The van der Waals surface area contributed by atoms with Crippen molar-refractivity contribution in [1.82, 2.24) is 29.7 Å². The highest BCUT2D eigenvalue weighted by molar-refractivity contribution is 6.28. The summed E-state index contributed by atoms with van der Waals surface area (Å²) < 4.78 is 6.81. The normalized spacial score (nSPS) is 10.7. The highest BCUT2D eigenvalue weighted by Crippen LogP contribution is 2.08. The predicted molar refractivity (Wildman–Crippen MR) is 74.0 cm³/mol. The maximum atomic E-state index is 5.86. The summed E-state index contributed by atoms with van der Waals surface area (Å²) in [4.78, 5) is 16.0. The molecule has 20 heavy (non-hydrogen) atoms. The van der Waals surface area contributed by atoms with Crippen molar-refractivity contribution in [2.75, 3.05) is 25.1 Å². The maximum absolute atomic E-state index is 5.86. The second-order valence-corrected chi connectivity index (χ2v) is 4.30. The topological polar surface area (TPSA) is 90.6 Å². The Morgan fingerprint density at radius 2 is 2.20 bits per heavy atom. The molecule has 0 amide bonds. The highest BCUT2D eigenvalue weighted by atomic mass is 35.5. The Balaban J connectivity index is 1.88. The van der Waals surface area contributed by atoms with Crippen molar-refractivity contribution in [3.05, 3.63) is 17.9 Å². The van der Waals surface area contributed by atoms with Crippen molar-refractivity contribution in [1.29, 1.82) is 0 Å². The fourth-order valence-corrected chi connectivity index (χ4v) is 1.61. The van der Waals surface area contributed by atoms with E-state index < -0.39 is 0 Å². The van der Waals surface area contributed by atoms with Gasteiger partial charge in [0.25, 0.3) is 5.95 Å². The van der Waals surface area contributed by atoms with Crippen molar-refractivity contribution in [3.63, 3.8) is 0 Å². The zero-order valence-electron chi connectivity index (χ0n) is 11.2. The third-order valence-corrected chi connectivity index (χ3v) is 2.49. The SMILES string of the molecule is CCCOCCCNc1nc(Cl)nc(-n2cncn2)n1. The molecule has 0 aliphatic rings. The maximum Gasteiger partial charge on any atom is 0.258 e. The van der Waals surface area contributed by atoms with Gasteiger partial charge in [-0.25, -0.2) is 4.98 Å². The van der Waals surface area contributed by atoms with Crippen LogP contribution in [0.15, 0.2) is 12.7 Å². The number of aromatic nitrogens is 6. The van der Waals surface area contributed by atoms with Crippen LogP contribution < -0.4 is 5.32 Å². The molecule has 0 aliphatic carbocycles. The largest absolute Gasteiger partial charge is 0.381 e. The molecule has 9 heteroatoms. The number of rotatable bonds is 8. The Bertz CT molecular complexity index is 519. The number of ether oxygens (including phenoxy) is 1. The summed E-state index contributed by atoms with van der Waals surface area (Å²) in [5.74, 6) is 0.734. The molecule has 0 bridgehead atoms. The van der Waals surface area contributed by atoms with E-state index in [4.69, 9.17) is 16.3 Å². The Hall–Kier alpha value is -1.80. The molecular weight excluding hydrogens is 282 g/mol. The van der Waals surface area contributed by atoms with Crippen LogP contribution >= 0.6 is 11.6 Å². The van der Waals surface area contributed by atoms with Crippen LogP contribution in [0.5, 0.6) is 0 Å². The molecule has 2 rings (SSSR count). The first kappa shape index (κ1) is 14.6. The van der Waals surface area contributed by atoms with E-state index in [1.54, 1.807) is 0 Å². The van der Waals surface area contributed by atoms with Gasteiger partial charge in [-0.1, -0.05) is 6.92 Å². The molecule has 0 radical (unpaired) electrons. The lowest BCUT2D eigenvalue weighted by molar-refractivity contribution is 0.134.